The minimum absolute atomic E-state index is 0.103. The van der Waals surface area contributed by atoms with Gasteiger partial charge in [0.1, 0.15) is 0 Å². The summed E-state index contributed by atoms with van der Waals surface area (Å²) >= 11 is 0. The van der Waals surface area contributed by atoms with Crippen molar-refractivity contribution in [3.8, 4) is 0 Å². The summed E-state index contributed by atoms with van der Waals surface area (Å²) in [4.78, 5) is 13.4. The van der Waals surface area contributed by atoms with Crippen LogP contribution in [0.15, 0.2) is 24.3 Å². The summed E-state index contributed by atoms with van der Waals surface area (Å²) < 4.78 is 0. The van der Waals surface area contributed by atoms with Crippen molar-refractivity contribution in [2.45, 2.75) is 13.3 Å². The van der Waals surface area contributed by atoms with Crippen LogP contribution in [0.3, 0.4) is 0 Å². The number of benzene rings is 1. The molecule has 0 aliphatic rings. The van der Waals surface area contributed by atoms with E-state index in [0.29, 0.717) is 6.54 Å². The van der Waals surface area contributed by atoms with Crippen molar-refractivity contribution in [2.75, 3.05) is 20.6 Å². The fourth-order valence-electron chi connectivity index (χ4n) is 1.74. The zero-order valence-corrected chi connectivity index (χ0v) is 10.2. The highest BCUT2D eigenvalue weighted by molar-refractivity contribution is 5.78. The summed E-state index contributed by atoms with van der Waals surface area (Å²) in [7, 11) is 3.53. The highest BCUT2D eigenvalue weighted by Gasteiger charge is 2.19. The molecule has 88 valence electrons. The minimum Gasteiger partial charge on any atom is -0.349 e. The Kier molecular flexibility index (Phi) is 4.50. The molecule has 0 spiro atoms. The first-order valence-electron chi connectivity index (χ1n) is 5.52. The smallest absolute Gasteiger partial charge is 0.226 e. The third-order valence-corrected chi connectivity index (χ3v) is 2.80. The van der Waals surface area contributed by atoms with E-state index in [1.54, 1.807) is 19.0 Å². The van der Waals surface area contributed by atoms with Crippen molar-refractivity contribution >= 4 is 5.91 Å². The van der Waals surface area contributed by atoms with Crippen LogP contribution >= 0.6 is 0 Å². The summed E-state index contributed by atoms with van der Waals surface area (Å²) in [6, 6.07) is 8.12. The van der Waals surface area contributed by atoms with Crippen LogP contribution < -0.4 is 5.73 Å². The summed E-state index contributed by atoms with van der Waals surface area (Å²) in [5.41, 5.74) is 8.08. The van der Waals surface area contributed by atoms with Gasteiger partial charge in [0.2, 0.25) is 5.91 Å². The van der Waals surface area contributed by atoms with E-state index in [1.165, 1.54) is 11.1 Å². The van der Waals surface area contributed by atoms with Gasteiger partial charge >= 0.3 is 0 Å². The second kappa shape index (κ2) is 5.66. The molecule has 3 nitrogen and oxygen atoms in total. The normalized spacial score (nSPS) is 12.2. The number of rotatable bonds is 4. The van der Waals surface area contributed by atoms with Crippen molar-refractivity contribution in [1.29, 1.82) is 0 Å². The highest BCUT2D eigenvalue weighted by atomic mass is 16.2. The topological polar surface area (TPSA) is 46.3 Å². The Morgan fingerprint density at radius 2 is 2.00 bits per heavy atom. The predicted molar refractivity (Wildman–Crippen MR) is 66.1 cm³/mol. The van der Waals surface area contributed by atoms with E-state index in [2.05, 4.69) is 19.1 Å². The van der Waals surface area contributed by atoms with E-state index < -0.39 is 0 Å². The molecule has 0 heterocycles. The number of hydrogen-bond acceptors (Lipinski definition) is 2. The molecule has 0 aliphatic heterocycles. The van der Waals surface area contributed by atoms with Crippen LogP contribution in [0, 0.1) is 12.8 Å². The van der Waals surface area contributed by atoms with Crippen molar-refractivity contribution in [3.05, 3.63) is 35.4 Å². The third-order valence-electron chi connectivity index (χ3n) is 2.80. The fourth-order valence-corrected chi connectivity index (χ4v) is 1.74. The Labute approximate surface area is 97.2 Å². The maximum absolute atomic E-state index is 11.8. The Hall–Kier alpha value is -1.35. The molecule has 0 aromatic heterocycles. The fraction of sp³-hybridized carbons (Fsp3) is 0.462. The Balaban J connectivity index is 2.78. The zero-order valence-electron chi connectivity index (χ0n) is 10.2. The van der Waals surface area contributed by atoms with E-state index >= 15 is 0 Å². The Morgan fingerprint density at radius 3 is 2.50 bits per heavy atom. The lowest BCUT2D eigenvalue weighted by molar-refractivity contribution is -0.132. The molecule has 1 amide bonds. The summed E-state index contributed by atoms with van der Waals surface area (Å²) in [6.45, 7) is 2.45. The molecule has 0 saturated heterocycles. The van der Waals surface area contributed by atoms with E-state index in [-0.39, 0.29) is 11.8 Å². The first-order chi connectivity index (χ1) is 7.56. The average Bonchev–Trinajstić information content (AvgIpc) is 2.27. The highest BCUT2D eigenvalue weighted by Crippen LogP contribution is 2.14. The summed E-state index contributed by atoms with van der Waals surface area (Å²) in [5, 5.41) is 0. The minimum atomic E-state index is -0.115. The number of nitrogens with two attached hydrogens (primary N) is 1. The van der Waals surface area contributed by atoms with Crippen LogP contribution in [0.5, 0.6) is 0 Å². The predicted octanol–water partition coefficient (Wildman–Crippen LogP) is 1.20. The van der Waals surface area contributed by atoms with Crippen molar-refractivity contribution in [2.24, 2.45) is 11.7 Å². The van der Waals surface area contributed by atoms with Crippen LogP contribution in [0.1, 0.15) is 11.1 Å². The van der Waals surface area contributed by atoms with Gasteiger partial charge in [0.05, 0.1) is 5.92 Å². The largest absolute Gasteiger partial charge is 0.349 e. The zero-order chi connectivity index (χ0) is 12.1. The number of amides is 1. The van der Waals surface area contributed by atoms with E-state index in [9.17, 15) is 4.79 Å². The molecule has 1 aromatic rings. The molecule has 0 fully saturated rings. The molecule has 3 heteroatoms. The van der Waals surface area contributed by atoms with Gasteiger partial charge in [-0.3, -0.25) is 4.79 Å². The molecule has 0 bridgehead atoms. The van der Waals surface area contributed by atoms with Gasteiger partial charge in [0.25, 0.3) is 0 Å². The van der Waals surface area contributed by atoms with Gasteiger partial charge in [0.15, 0.2) is 0 Å². The monoisotopic (exact) mass is 220 g/mol. The number of carbonyl (C=O) groups excluding carboxylic acids is 1. The quantitative estimate of drug-likeness (QED) is 0.828. The molecule has 0 saturated carbocycles. The van der Waals surface area contributed by atoms with Crippen molar-refractivity contribution in [3.63, 3.8) is 0 Å². The van der Waals surface area contributed by atoms with Gasteiger partial charge in [-0.2, -0.15) is 0 Å². The van der Waals surface area contributed by atoms with Gasteiger partial charge in [-0.05, 0) is 24.5 Å². The molecule has 1 aromatic carbocycles. The molecule has 0 radical (unpaired) electrons. The van der Waals surface area contributed by atoms with Gasteiger partial charge in [-0.15, -0.1) is 0 Å². The van der Waals surface area contributed by atoms with Crippen LogP contribution in [0.4, 0.5) is 0 Å². The third kappa shape index (κ3) is 3.07. The molecule has 0 aliphatic carbocycles. The lowest BCUT2D eigenvalue weighted by Gasteiger charge is -2.19. The van der Waals surface area contributed by atoms with Crippen LogP contribution in [-0.4, -0.2) is 31.4 Å². The van der Waals surface area contributed by atoms with Gasteiger partial charge in [-0.1, -0.05) is 24.3 Å². The average molecular weight is 220 g/mol. The lowest BCUT2D eigenvalue weighted by Crippen LogP contribution is -2.35. The van der Waals surface area contributed by atoms with E-state index in [1.807, 2.05) is 12.1 Å². The van der Waals surface area contributed by atoms with Gasteiger partial charge in [-0.25, -0.2) is 0 Å². The first-order valence-corrected chi connectivity index (χ1v) is 5.52. The molecule has 16 heavy (non-hydrogen) atoms. The lowest BCUT2D eigenvalue weighted by atomic mass is 9.95. The first kappa shape index (κ1) is 12.7. The standard InChI is InChI=1S/C13H20N2O/c1-10-6-4-5-7-11(10)8-12(9-14)13(16)15(2)3/h4-7,12H,8-9,14H2,1-3H3. The Morgan fingerprint density at radius 1 is 1.38 bits per heavy atom. The number of nitrogens with zero attached hydrogens (tertiary/aromatic N) is 1. The van der Waals surface area contributed by atoms with Crippen molar-refractivity contribution < 1.29 is 4.79 Å². The second-order valence-corrected chi connectivity index (χ2v) is 4.30. The molecular formula is C13H20N2O. The van der Waals surface area contributed by atoms with Gasteiger partial charge < -0.3 is 10.6 Å². The molecule has 1 unspecified atom stereocenters. The number of carbonyl (C=O) groups is 1. The molecular weight excluding hydrogens is 200 g/mol. The Bertz CT molecular complexity index is 361. The van der Waals surface area contributed by atoms with Crippen LogP contribution in [0.25, 0.3) is 0 Å². The maximum atomic E-state index is 11.8. The van der Waals surface area contributed by atoms with E-state index in [4.69, 9.17) is 5.73 Å². The molecule has 1 atom stereocenters. The number of aryl methyl sites for hydroxylation is 1. The molecule has 2 N–H and O–H groups in total. The van der Waals surface area contributed by atoms with Crippen LogP contribution in [0.2, 0.25) is 0 Å². The molecule has 1 rings (SSSR count). The summed E-state index contributed by atoms with van der Waals surface area (Å²) in [6.07, 6.45) is 0.722. The van der Waals surface area contributed by atoms with Crippen molar-refractivity contribution in [1.82, 2.24) is 4.90 Å². The van der Waals surface area contributed by atoms with Crippen LogP contribution in [-0.2, 0) is 11.2 Å². The second-order valence-electron chi connectivity index (χ2n) is 4.30. The maximum Gasteiger partial charge on any atom is 0.226 e. The number of hydrogen-bond donors (Lipinski definition) is 1. The summed E-state index contributed by atoms with van der Waals surface area (Å²) in [5.74, 6) is -0.0122. The van der Waals surface area contributed by atoms with E-state index in [0.717, 1.165) is 6.42 Å². The van der Waals surface area contributed by atoms with Gasteiger partial charge in [0, 0.05) is 20.6 Å². The SMILES string of the molecule is Cc1ccccc1CC(CN)C(=O)N(C)C.